The van der Waals surface area contributed by atoms with Crippen molar-refractivity contribution in [3.8, 4) is 0 Å². The van der Waals surface area contributed by atoms with Gasteiger partial charge in [-0.3, -0.25) is 9.69 Å². The molecule has 3 amide bonds. The average Bonchev–Trinajstić information content (AvgIpc) is 2.63. The van der Waals surface area contributed by atoms with Crippen LogP contribution in [0.5, 0.6) is 0 Å². The fourth-order valence-corrected chi connectivity index (χ4v) is 3.05. The Hall–Kier alpha value is -2.12. The maximum Gasteiger partial charge on any atom is 0.321 e. The van der Waals surface area contributed by atoms with E-state index in [-0.39, 0.29) is 30.6 Å². The Labute approximate surface area is 155 Å². The molecule has 26 heavy (non-hydrogen) atoms. The van der Waals surface area contributed by atoms with Gasteiger partial charge in [-0.2, -0.15) is 0 Å². The molecule has 2 rings (SSSR count). The first-order valence-electron chi connectivity index (χ1n) is 9.26. The number of carbonyl (C=O) groups excluding carboxylic acids is 2. The van der Waals surface area contributed by atoms with Crippen molar-refractivity contribution in [2.75, 3.05) is 38.1 Å². The molecule has 1 saturated heterocycles. The molecule has 0 spiro atoms. The van der Waals surface area contributed by atoms with Gasteiger partial charge in [-0.15, -0.1) is 0 Å². The molecule has 3 N–H and O–H groups in total. The van der Waals surface area contributed by atoms with Crippen LogP contribution in [0.3, 0.4) is 0 Å². The van der Waals surface area contributed by atoms with Crippen LogP contribution in [0.25, 0.3) is 0 Å². The molecular formula is C19H30N4O3. The molecule has 7 nitrogen and oxygen atoms in total. The van der Waals surface area contributed by atoms with Gasteiger partial charge >= 0.3 is 6.03 Å². The van der Waals surface area contributed by atoms with Crippen molar-refractivity contribution in [1.82, 2.24) is 15.1 Å². The Morgan fingerprint density at radius 1 is 1.12 bits per heavy atom. The van der Waals surface area contributed by atoms with Crippen molar-refractivity contribution < 1.29 is 14.7 Å². The lowest BCUT2D eigenvalue weighted by Gasteiger charge is -2.38. The van der Waals surface area contributed by atoms with E-state index in [1.807, 2.05) is 13.8 Å². The molecule has 1 aromatic rings. The molecular weight excluding hydrogens is 332 g/mol. The summed E-state index contributed by atoms with van der Waals surface area (Å²) in [6, 6.07) is 7.01. The van der Waals surface area contributed by atoms with Crippen LogP contribution in [0.15, 0.2) is 24.3 Å². The molecule has 1 unspecified atom stereocenters. The number of nitrogens with one attached hydrogen (secondary N) is 2. The van der Waals surface area contributed by atoms with E-state index in [9.17, 15) is 14.7 Å². The minimum Gasteiger partial charge on any atom is -0.395 e. The highest BCUT2D eigenvalue weighted by molar-refractivity contribution is 5.95. The predicted molar refractivity (Wildman–Crippen MR) is 102 cm³/mol. The van der Waals surface area contributed by atoms with Gasteiger partial charge in [-0.05, 0) is 44.5 Å². The van der Waals surface area contributed by atoms with E-state index < -0.39 is 0 Å². The summed E-state index contributed by atoms with van der Waals surface area (Å²) >= 11 is 0. The topological polar surface area (TPSA) is 84.9 Å². The van der Waals surface area contributed by atoms with Crippen molar-refractivity contribution in [3.05, 3.63) is 29.8 Å². The van der Waals surface area contributed by atoms with Gasteiger partial charge in [0, 0.05) is 49.5 Å². The number of aliphatic hydroxyl groups is 1. The second kappa shape index (κ2) is 9.54. The highest BCUT2D eigenvalue weighted by Crippen LogP contribution is 2.13. The van der Waals surface area contributed by atoms with Gasteiger partial charge < -0.3 is 20.6 Å². The fourth-order valence-electron chi connectivity index (χ4n) is 3.05. The van der Waals surface area contributed by atoms with E-state index in [1.54, 1.807) is 29.2 Å². The quantitative estimate of drug-likeness (QED) is 0.720. The van der Waals surface area contributed by atoms with Crippen molar-refractivity contribution in [2.24, 2.45) is 0 Å². The lowest BCUT2D eigenvalue weighted by Crippen LogP contribution is -2.53. The Morgan fingerprint density at radius 2 is 1.73 bits per heavy atom. The van der Waals surface area contributed by atoms with Gasteiger partial charge in [0.2, 0.25) is 0 Å². The molecule has 144 valence electrons. The number of carbonyl (C=O) groups is 2. The molecule has 1 fully saturated rings. The first kappa shape index (κ1) is 20.2. The summed E-state index contributed by atoms with van der Waals surface area (Å²) < 4.78 is 0. The van der Waals surface area contributed by atoms with Crippen LogP contribution in [0.1, 0.15) is 37.6 Å². The zero-order chi connectivity index (χ0) is 19.1. The van der Waals surface area contributed by atoms with Crippen LogP contribution >= 0.6 is 0 Å². The second-order valence-electron chi connectivity index (χ2n) is 6.90. The zero-order valence-corrected chi connectivity index (χ0v) is 15.9. The third-order valence-corrected chi connectivity index (χ3v) is 4.62. The molecule has 1 aliphatic heterocycles. The maximum absolute atomic E-state index is 12.4. The molecule has 1 aliphatic rings. The minimum absolute atomic E-state index is 0.0821. The SMILES string of the molecule is CCC(CO)N1CCN(C(=O)Nc2ccc(C(=O)NC(C)C)cc2)CC1. The summed E-state index contributed by atoms with van der Waals surface area (Å²) in [5.74, 6) is -0.122. The number of aliphatic hydroxyl groups excluding tert-OH is 1. The van der Waals surface area contributed by atoms with E-state index >= 15 is 0 Å². The zero-order valence-electron chi connectivity index (χ0n) is 15.9. The number of anilines is 1. The maximum atomic E-state index is 12.4. The van der Waals surface area contributed by atoms with Crippen molar-refractivity contribution in [1.29, 1.82) is 0 Å². The largest absolute Gasteiger partial charge is 0.395 e. The van der Waals surface area contributed by atoms with Crippen molar-refractivity contribution >= 4 is 17.6 Å². The summed E-state index contributed by atoms with van der Waals surface area (Å²) in [5.41, 5.74) is 1.24. The third kappa shape index (κ3) is 5.44. The molecule has 0 bridgehead atoms. The minimum atomic E-state index is -0.138. The van der Waals surface area contributed by atoms with Gasteiger partial charge in [0.15, 0.2) is 0 Å². The van der Waals surface area contributed by atoms with E-state index in [0.717, 1.165) is 19.5 Å². The first-order valence-corrected chi connectivity index (χ1v) is 9.26. The molecule has 7 heteroatoms. The standard InChI is InChI=1S/C19H30N4O3/c1-4-17(13-24)22-9-11-23(12-10-22)19(26)21-16-7-5-15(6-8-16)18(25)20-14(2)3/h5-8,14,17,24H,4,9-13H2,1-3H3,(H,20,25)(H,21,26). The van der Waals surface area contributed by atoms with E-state index in [2.05, 4.69) is 22.5 Å². The van der Waals surface area contributed by atoms with Crippen LogP contribution in [-0.2, 0) is 0 Å². The fraction of sp³-hybridized carbons (Fsp3) is 0.579. The van der Waals surface area contributed by atoms with Crippen molar-refractivity contribution in [2.45, 2.75) is 39.3 Å². The highest BCUT2D eigenvalue weighted by Gasteiger charge is 2.24. The second-order valence-corrected chi connectivity index (χ2v) is 6.90. The normalized spacial score (nSPS) is 16.4. The van der Waals surface area contributed by atoms with E-state index in [4.69, 9.17) is 0 Å². The number of rotatable bonds is 6. The molecule has 0 aliphatic carbocycles. The molecule has 1 aromatic carbocycles. The summed E-state index contributed by atoms with van der Waals surface area (Å²) in [6.07, 6.45) is 0.902. The first-order chi connectivity index (χ1) is 12.4. The van der Waals surface area contributed by atoms with Gasteiger partial charge in [0.05, 0.1) is 6.61 Å². The summed E-state index contributed by atoms with van der Waals surface area (Å²) in [4.78, 5) is 28.4. The highest BCUT2D eigenvalue weighted by atomic mass is 16.3. The Bertz CT molecular complexity index is 591. The number of amides is 3. The Kier molecular flexibility index (Phi) is 7.41. The number of hydrogen-bond donors (Lipinski definition) is 3. The van der Waals surface area contributed by atoms with Gasteiger partial charge in [-0.25, -0.2) is 4.79 Å². The van der Waals surface area contributed by atoms with Crippen LogP contribution in [-0.4, -0.2) is 71.7 Å². The molecule has 0 saturated carbocycles. The molecule has 0 radical (unpaired) electrons. The van der Waals surface area contributed by atoms with Crippen LogP contribution < -0.4 is 10.6 Å². The summed E-state index contributed by atoms with van der Waals surface area (Å²) in [5, 5.41) is 15.1. The number of piperazine rings is 1. The van der Waals surface area contributed by atoms with E-state index in [0.29, 0.717) is 24.3 Å². The number of hydrogen-bond acceptors (Lipinski definition) is 4. The smallest absolute Gasteiger partial charge is 0.321 e. The predicted octanol–water partition coefficient (Wildman–Crippen LogP) is 1.75. The Morgan fingerprint density at radius 3 is 2.23 bits per heavy atom. The molecule has 1 heterocycles. The lowest BCUT2D eigenvalue weighted by molar-refractivity contribution is 0.0766. The summed E-state index contributed by atoms with van der Waals surface area (Å²) in [7, 11) is 0. The van der Waals surface area contributed by atoms with E-state index in [1.165, 1.54) is 0 Å². The average molecular weight is 362 g/mol. The third-order valence-electron chi connectivity index (χ3n) is 4.62. The number of nitrogens with zero attached hydrogens (tertiary/aromatic N) is 2. The van der Waals surface area contributed by atoms with Crippen LogP contribution in [0.4, 0.5) is 10.5 Å². The summed E-state index contributed by atoms with van der Waals surface area (Å²) in [6.45, 7) is 8.84. The van der Waals surface area contributed by atoms with Gasteiger partial charge in [0.1, 0.15) is 0 Å². The monoisotopic (exact) mass is 362 g/mol. The Balaban J connectivity index is 1.85. The van der Waals surface area contributed by atoms with Crippen molar-refractivity contribution in [3.63, 3.8) is 0 Å². The number of benzene rings is 1. The number of urea groups is 1. The van der Waals surface area contributed by atoms with Gasteiger partial charge in [0.25, 0.3) is 5.91 Å². The lowest BCUT2D eigenvalue weighted by atomic mass is 10.1. The van der Waals surface area contributed by atoms with Gasteiger partial charge in [-0.1, -0.05) is 6.92 Å². The van der Waals surface area contributed by atoms with Crippen LogP contribution in [0, 0.1) is 0 Å². The van der Waals surface area contributed by atoms with Crippen LogP contribution in [0.2, 0.25) is 0 Å². The molecule has 0 aromatic heterocycles. The molecule has 1 atom stereocenters.